The van der Waals surface area contributed by atoms with E-state index in [1.54, 1.807) is 23.5 Å². The zero-order valence-corrected chi connectivity index (χ0v) is 18.1. The second-order valence-corrected chi connectivity index (χ2v) is 8.89. The molecule has 0 radical (unpaired) electrons. The van der Waals surface area contributed by atoms with Gasteiger partial charge in [0.15, 0.2) is 0 Å². The van der Waals surface area contributed by atoms with Gasteiger partial charge < -0.3 is 4.74 Å². The molecule has 1 atom stereocenters. The van der Waals surface area contributed by atoms with Crippen LogP contribution < -0.4 is 9.64 Å². The van der Waals surface area contributed by atoms with Gasteiger partial charge in [0.05, 0.1) is 25.3 Å². The Morgan fingerprint density at radius 1 is 1.21 bits per heavy atom. The number of carbonyl (C=O) groups is 2. The molecule has 2 saturated heterocycles. The van der Waals surface area contributed by atoms with E-state index < -0.39 is 6.04 Å². The van der Waals surface area contributed by atoms with E-state index in [1.807, 2.05) is 6.92 Å². The van der Waals surface area contributed by atoms with Gasteiger partial charge in [0.2, 0.25) is 5.91 Å². The number of aryl methyl sites for hydroxylation is 1. The summed E-state index contributed by atoms with van der Waals surface area (Å²) in [5.74, 6) is 0.0616. The molecule has 2 fully saturated rings. The summed E-state index contributed by atoms with van der Waals surface area (Å²) in [6.07, 6.45) is 0.203. The summed E-state index contributed by atoms with van der Waals surface area (Å²) in [4.78, 5) is 33.1. The number of hydrogen-bond acceptors (Lipinski definition) is 6. The van der Waals surface area contributed by atoms with Gasteiger partial charge in [0.25, 0.3) is 5.91 Å². The van der Waals surface area contributed by atoms with Gasteiger partial charge in [-0.05, 0) is 30.0 Å². The predicted octanol–water partition coefficient (Wildman–Crippen LogP) is 3.17. The molecule has 29 heavy (non-hydrogen) atoms. The van der Waals surface area contributed by atoms with Crippen LogP contribution in [0.3, 0.4) is 0 Å². The van der Waals surface area contributed by atoms with Gasteiger partial charge in [-0.1, -0.05) is 17.7 Å². The molecule has 2 aliphatic rings. The van der Waals surface area contributed by atoms with Gasteiger partial charge >= 0.3 is 0 Å². The predicted molar refractivity (Wildman–Crippen MR) is 115 cm³/mol. The number of hydrogen-bond donors (Lipinski definition) is 0. The van der Waals surface area contributed by atoms with Crippen LogP contribution in [0, 0.1) is 6.92 Å². The first-order valence-electron chi connectivity index (χ1n) is 9.67. The Balaban J connectivity index is 1.46. The highest BCUT2D eigenvalue weighted by Crippen LogP contribution is 2.37. The highest BCUT2D eigenvalue weighted by Gasteiger charge is 2.44. The first kappa shape index (κ1) is 20.3. The van der Waals surface area contributed by atoms with Crippen LogP contribution in [0.15, 0.2) is 29.6 Å². The number of nitrogens with zero attached hydrogens (tertiary/aromatic N) is 3. The lowest BCUT2D eigenvalue weighted by atomic mass is 10.1. The maximum Gasteiger partial charge on any atom is 0.251 e. The summed E-state index contributed by atoms with van der Waals surface area (Å²) in [5, 5.41) is 2.64. The molecule has 0 N–H and O–H groups in total. The molecule has 3 heterocycles. The van der Waals surface area contributed by atoms with Crippen LogP contribution in [0.5, 0.6) is 5.75 Å². The van der Waals surface area contributed by atoms with E-state index in [9.17, 15) is 9.59 Å². The number of ether oxygens (including phenoxy) is 1. The average Bonchev–Trinajstić information content (AvgIpc) is 3.32. The zero-order valence-electron chi connectivity index (χ0n) is 16.6. The minimum absolute atomic E-state index is 0.179. The van der Waals surface area contributed by atoms with Gasteiger partial charge in [0, 0.05) is 48.7 Å². The molecule has 6 nitrogen and oxygen atoms in total. The monoisotopic (exact) mass is 433 g/mol. The van der Waals surface area contributed by atoms with Crippen molar-refractivity contribution in [3.05, 3.63) is 45.1 Å². The van der Waals surface area contributed by atoms with E-state index in [1.165, 1.54) is 16.9 Å². The summed E-state index contributed by atoms with van der Waals surface area (Å²) in [6.45, 7) is 6.12. The number of piperazine rings is 1. The molecule has 2 aromatic rings. The molecule has 0 unspecified atom stereocenters. The molecule has 0 saturated carbocycles. The summed E-state index contributed by atoms with van der Waals surface area (Å²) in [6, 6.07) is 7.21. The third kappa shape index (κ3) is 4.05. The van der Waals surface area contributed by atoms with Crippen molar-refractivity contribution in [2.75, 3.05) is 38.2 Å². The number of thiophene rings is 1. The number of benzene rings is 1. The third-order valence-electron chi connectivity index (χ3n) is 5.63. The molecule has 0 aliphatic carbocycles. The van der Waals surface area contributed by atoms with Crippen molar-refractivity contribution < 1.29 is 14.3 Å². The maximum atomic E-state index is 13.2. The van der Waals surface area contributed by atoms with Crippen LogP contribution in [0.25, 0.3) is 0 Å². The normalized spacial score (nSPS) is 21.2. The Morgan fingerprint density at radius 3 is 2.62 bits per heavy atom. The number of amides is 2. The lowest BCUT2D eigenvalue weighted by molar-refractivity contribution is -0.123. The van der Waals surface area contributed by atoms with Crippen LogP contribution >= 0.6 is 22.9 Å². The van der Waals surface area contributed by atoms with Crippen molar-refractivity contribution in [3.63, 3.8) is 0 Å². The molecular weight excluding hydrogens is 410 g/mol. The molecule has 2 amide bonds. The third-order valence-corrected chi connectivity index (χ3v) is 6.90. The standard InChI is InChI=1S/C21H24ClN3O3S/c1-14-10-17(19(28-2)11-16(14)22)25-20(26)12-18(21(25)27)24-7-5-23(6-8-24)13-15-4-3-9-29-15/h3-4,9-11,18H,5-8,12-13H2,1-2H3/t18-/m0/s1. The summed E-state index contributed by atoms with van der Waals surface area (Å²) >= 11 is 7.94. The maximum absolute atomic E-state index is 13.2. The molecule has 0 bridgehead atoms. The Kier molecular flexibility index (Phi) is 5.92. The van der Waals surface area contributed by atoms with Crippen molar-refractivity contribution in [1.82, 2.24) is 9.80 Å². The summed E-state index contributed by atoms with van der Waals surface area (Å²) in [5.41, 5.74) is 1.27. The van der Waals surface area contributed by atoms with E-state index in [4.69, 9.17) is 16.3 Å². The van der Waals surface area contributed by atoms with Crippen LogP contribution in [-0.4, -0.2) is 60.9 Å². The van der Waals surface area contributed by atoms with Crippen LogP contribution in [-0.2, 0) is 16.1 Å². The average molecular weight is 434 g/mol. The fourth-order valence-corrected chi connectivity index (χ4v) is 4.90. The van der Waals surface area contributed by atoms with Gasteiger partial charge in [0.1, 0.15) is 5.75 Å². The number of rotatable bonds is 5. The van der Waals surface area contributed by atoms with E-state index >= 15 is 0 Å². The first-order chi connectivity index (χ1) is 14.0. The number of halogens is 1. The quantitative estimate of drug-likeness (QED) is 0.678. The minimum atomic E-state index is -0.410. The lowest BCUT2D eigenvalue weighted by Gasteiger charge is -2.36. The molecule has 2 aliphatic heterocycles. The summed E-state index contributed by atoms with van der Waals surface area (Å²) < 4.78 is 5.39. The van der Waals surface area contributed by atoms with Crippen molar-refractivity contribution in [2.45, 2.75) is 25.9 Å². The summed E-state index contributed by atoms with van der Waals surface area (Å²) in [7, 11) is 1.51. The molecule has 154 valence electrons. The smallest absolute Gasteiger partial charge is 0.251 e. The molecule has 1 aromatic carbocycles. The zero-order chi connectivity index (χ0) is 20.5. The molecular formula is C21H24ClN3O3S. The number of carbonyl (C=O) groups excluding carboxylic acids is 2. The molecule has 1 aromatic heterocycles. The van der Waals surface area contributed by atoms with Gasteiger partial charge in [-0.2, -0.15) is 0 Å². The fraction of sp³-hybridized carbons (Fsp3) is 0.429. The van der Waals surface area contributed by atoms with Crippen molar-refractivity contribution in [2.24, 2.45) is 0 Å². The van der Waals surface area contributed by atoms with Gasteiger partial charge in [-0.3, -0.25) is 19.4 Å². The van der Waals surface area contributed by atoms with Crippen molar-refractivity contribution >= 4 is 40.4 Å². The first-order valence-corrected chi connectivity index (χ1v) is 10.9. The van der Waals surface area contributed by atoms with Crippen molar-refractivity contribution in [1.29, 1.82) is 0 Å². The fourth-order valence-electron chi connectivity index (χ4n) is 4.00. The van der Waals surface area contributed by atoms with Crippen LogP contribution in [0.2, 0.25) is 5.02 Å². The van der Waals surface area contributed by atoms with Crippen LogP contribution in [0.1, 0.15) is 16.9 Å². The number of imide groups is 1. The Hall–Kier alpha value is -1.93. The Bertz CT molecular complexity index is 910. The second kappa shape index (κ2) is 8.44. The number of methoxy groups -OCH3 is 1. The molecule has 4 rings (SSSR count). The second-order valence-electron chi connectivity index (χ2n) is 7.45. The number of anilines is 1. The van der Waals surface area contributed by atoms with E-state index in [0.717, 1.165) is 38.3 Å². The highest BCUT2D eigenvalue weighted by atomic mass is 35.5. The molecule has 0 spiro atoms. The topological polar surface area (TPSA) is 53.1 Å². The van der Waals surface area contributed by atoms with Crippen LogP contribution in [0.4, 0.5) is 5.69 Å². The van der Waals surface area contributed by atoms with E-state index in [0.29, 0.717) is 16.5 Å². The van der Waals surface area contributed by atoms with Gasteiger partial charge in [-0.15, -0.1) is 11.3 Å². The van der Waals surface area contributed by atoms with Crippen molar-refractivity contribution in [3.8, 4) is 5.75 Å². The Morgan fingerprint density at radius 2 is 1.97 bits per heavy atom. The SMILES string of the molecule is COc1cc(Cl)c(C)cc1N1C(=O)C[C@H](N2CCN(Cc3cccs3)CC2)C1=O. The largest absolute Gasteiger partial charge is 0.495 e. The molecule has 8 heteroatoms. The van der Waals surface area contributed by atoms with E-state index in [2.05, 4.69) is 27.3 Å². The minimum Gasteiger partial charge on any atom is -0.495 e. The lowest BCUT2D eigenvalue weighted by Crippen LogP contribution is -2.52. The highest BCUT2D eigenvalue weighted by molar-refractivity contribution is 7.09. The van der Waals surface area contributed by atoms with Gasteiger partial charge in [-0.25, -0.2) is 4.90 Å². The Labute approximate surface area is 179 Å². The van der Waals surface area contributed by atoms with E-state index in [-0.39, 0.29) is 18.2 Å².